The Balaban J connectivity index is 1.70. The van der Waals surface area contributed by atoms with E-state index in [1.165, 1.54) is 0 Å². The van der Waals surface area contributed by atoms with Crippen LogP contribution in [0, 0.1) is 0 Å². The number of nitrogens with zero attached hydrogens (tertiary/aromatic N) is 2. The molecule has 0 saturated heterocycles. The summed E-state index contributed by atoms with van der Waals surface area (Å²) in [5, 5.41) is 21.2. The summed E-state index contributed by atoms with van der Waals surface area (Å²) in [7, 11) is 0. The second-order valence-corrected chi connectivity index (χ2v) is 6.36. The molecule has 2 N–H and O–H groups in total. The number of rotatable bonds is 4. The summed E-state index contributed by atoms with van der Waals surface area (Å²) in [5.74, 6) is 0.427. The Bertz CT molecular complexity index is 1100. The summed E-state index contributed by atoms with van der Waals surface area (Å²) in [6, 6.07) is 25.8. The summed E-state index contributed by atoms with van der Waals surface area (Å²) in [6.45, 7) is 0. The van der Waals surface area contributed by atoms with Crippen LogP contribution in [0.15, 0.2) is 94.9 Å². The fourth-order valence-electron chi connectivity index (χ4n) is 3.00. The Morgan fingerprint density at radius 1 is 0.536 bits per heavy atom. The van der Waals surface area contributed by atoms with E-state index in [1.807, 2.05) is 48.5 Å². The van der Waals surface area contributed by atoms with Crippen LogP contribution in [0.2, 0.25) is 0 Å². The monoisotopic (exact) mass is 366 g/mol. The first-order valence-corrected chi connectivity index (χ1v) is 8.87. The third-order valence-electron chi connectivity index (χ3n) is 4.32. The van der Waals surface area contributed by atoms with Crippen LogP contribution in [-0.2, 0) is 0 Å². The van der Waals surface area contributed by atoms with Gasteiger partial charge in [0.2, 0.25) is 0 Å². The van der Waals surface area contributed by atoms with E-state index >= 15 is 0 Å². The van der Waals surface area contributed by atoms with E-state index in [4.69, 9.17) is 0 Å². The molecule has 4 rings (SSSR count). The molecule has 0 aromatic heterocycles. The van der Waals surface area contributed by atoms with Gasteiger partial charge in [-0.3, -0.25) is 9.98 Å². The number of phenolic OH excluding ortho intramolecular Hbond substituents is 2. The minimum Gasteiger partial charge on any atom is -0.508 e. The maximum atomic E-state index is 9.60. The first kappa shape index (κ1) is 17.5. The predicted molar refractivity (Wildman–Crippen MR) is 115 cm³/mol. The van der Waals surface area contributed by atoms with Crippen molar-refractivity contribution < 1.29 is 10.2 Å². The Morgan fingerprint density at radius 2 is 0.964 bits per heavy atom. The lowest BCUT2D eigenvalue weighted by Gasteiger charge is -2.05. The maximum Gasteiger partial charge on any atom is 0.116 e. The van der Waals surface area contributed by atoms with Gasteiger partial charge in [-0.1, -0.05) is 48.5 Å². The van der Waals surface area contributed by atoms with Gasteiger partial charge < -0.3 is 10.2 Å². The van der Waals surface area contributed by atoms with Crippen LogP contribution < -0.4 is 0 Å². The predicted octanol–water partition coefficient (Wildman–Crippen LogP) is 5.75. The van der Waals surface area contributed by atoms with Crippen LogP contribution in [0.5, 0.6) is 11.5 Å². The van der Waals surface area contributed by atoms with E-state index in [0.717, 1.165) is 33.3 Å². The van der Waals surface area contributed by atoms with Crippen molar-refractivity contribution >= 4 is 34.6 Å². The van der Waals surface area contributed by atoms with Crippen molar-refractivity contribution in [2.24, 2.45) is 9.98 Å². The van der Waals surface area contributed by atoms with Crippen molar-refractivity contribution in [3.05, 3.63) is 96.1 Å². The van der Waals surface area contributed by atoms with Gasteiger partial charge in [-0.25, -0.2) is 0 Å². The number of aliphatic imine (C=N–C) groups is 2. The lowest BCUT2D eigenvalue weighted by molar-refractivity contribution is 0.474. The molecule has 0 spiro atoms. The molecule has 28 heavy (non-hydrogen) atoms. The molecule has 4 aromatic carbocycles. The second-order valence-electron chi connectivity index (χ2n) is 6.36. The fourth-order valence-corrected chi connectivity index (χ4v) is 3.00. The van der Waals surface area contributed by atoms with Gasteiger partial charge >= 0.3 is 0 Å². The molecule has 0 amide bonds. The van der Waals surface area contributed by atoms with Crippen LogP contribution in [0.1, 0.15) is 11.1 Å². The Hall–Kier alpha value is -3.92. The average Bonchev–Trinajstić information content (AvgIpc) is 2.71. The van der Waals surface area contributed by atoms with Crippen LogP contribution >= 0.6 is 0 Å². The zero-order valence-electron chi connectivity index (χ0n) is 15.0. The Labute approximate surface area is 162 Å². The number of fused-ring (bicyclic) bond motifs is 1. The van der Waals surface area contributed by atoms with E-state index < -0.39 is 0 Å². The minimum absolute atomic E-state index is 0.213. The van der Waals surface area contributed by atoms with Gasteiger partial charge in [-0.15, -0.1) is 0 Å². The van der Waals surface area contributed by atoms with Crippen molar-refractivity contribution in [2.45, 2.75) is 0 Å². The van der Waals surface area contributed by atoms with Gasteiger partial charge in [0, 0.05) is 23.2 Å². The van der Waals surface area contributed by atoms with Gasteiger partial charge in [0.1, 0.15) is 11.5 Å². The zero-order valence-corrected chi connectivity index (χ0v) is 15.0. The highest BCUT2D eigenvalue weighted by molar-refractivity contribution is 6.02. The summed E-state index contributed by atoms with van der Waals surface area (Å²) in [5.41, 5.74) is 3.32. The van der Waals surface area contributed by atoms with Gasteiger partial charge in [0.05, 0.1) is 11.4 Å². The van der Waals surface area contributed by atoms with Crippen LogP contribution in [0.25, 0.3) is 10.8 Å². The lowest BCUT2D eigenvalue weighted by atomic mass is 10.1. The van der Waals surface area contributed by atoms with Gasteiger partial charge in [-0.05, 0) is 47.5 Å². The highest BCUT2D eigenvalue weighted by Gasteiger charge is 2.03. The summed E-state index contributed by atoms with van der Waals surface area (Å²) >= 11 is 0. The quantitative estimate of drug-likeness (QED) is 0.452. The molecule has 0 fully saturated rings. The molecular formula is C24H18N2O2. The smallest absolute Gasteiger partial charge is 0.116 e. The highest BCUT2D eigenvalue weighted by atomic mass is 16.3. The molecule has 0 aliphatic carbocycles. The van der Waals surface area contributed by atoms with E-state index in [2.05, 4.69) is 9.98 Å². The standard InChI is InChI=1S/C24H18N2O2/c27-19-7-1-5-17(13-19)15-25-23-11-3-10-22-21(23)9-4-12-24(22)26-16-18-6-2-8-20(28)14-18/h1-16,27-28H. The van der Waals surface area contributed by atoms with Crippen molar-refractivity contribution in [1.29, 1.82) is 0 Å². The van der Waals surface area contributed by atoms with E-state index in [-0.39, 0.29) is 11.5 Å². The maximum absolute atomic E-state index is 9.60. The number of benzene rings is 4. The van der Waals surface area contributed by atoms with Crippen LogP contribution in [0.4, 0.5) is 11.4 Å². The van der Waals surface area contributed by atoms with Gasteiger partial charge in [-0.2, -0.15) is 0 Å². The number of hydrogen-bond donors (Lipinski definition) is 2. The summed E-state index contributed by atoms with van der Waals surface area (Å²) in [4.78, 5) is 9.19. The van der Waals surface area contributed by atoms with Gasteiger partial charge in [0.15, 0.2) is 0 Å². The van der Waals surface area contributed by atoms with Crippen LogP contribution in [0.3, 0.4) is 0 Å². The lowest BCUT2D eigenvalue weighted by Crippen LogP contribution is -1.82. The third-order valence-corrected chi connectivity index (χ3v) is 4.32. The van der Waals surface area contributed by atoms with Crippen molar-refractivity contribution in [1.82, 2.24) is 0 Å². The van der Waals surface area contributed by atoms with E-state index in [0.29, 0.717) is 0 Å². The molecule has 0 aliphatic rings. The van der Waals surface area contributed by atoms with Gasteiger partial charge in [0.25, 0.3) is 0 Å². The SMILES string of the molecule is Oc1cccc(C=Nc2cccc3c(N=Cc4cccc(O)c4)cccc23)c1. The molecule has 0 aliphatic heterocycles. The first-order valence-electron chi connectivity index (χ1n) is 8.87. The molecule has 0 radical (unpaired) electrons. The number of hydrogen-bond acceptors (Lipinski definition) is 4. The molecule has 4 heteroatoms. The third kappa shape index (κ3) is 3.91. The zero-order chi connectivity index (χ0) is 19.3. The molecule has 0 atom stereocenters. The highest BCUT2D eigenvalue weighted by Crippen LogP contribution is 2.32. The molecule has 4 aromatic rings. The average molecular weight is 366 g/mol. The molecule has 0 unspecified atom stereocenters. The molecular weight excluding hydrogens is 348 g/mol. The molecule has 0 bridgehead atoms. The minimum atomic E-state index is 0.213. The van der Waals surface area contributed by atoms with E-state index in [9.17, 15) is 10.2 Å². The van der Waals surface area contributed by atoms with Crippen molar-refractivity contribution in [2.75, 3.05) is 0 Å². The van der Waals surface area contributed by atoms with Crippen molar-refractivity contribution in [3.63, 3.8) is 0 Å². The van der Waals surface area contributed by atoms with Crippen LogP contribution in [-0.4, -0.2) is 22.6 Å². The Kier molecular flexibility index (Phi) is 4.85. The molecule has 4 nitrogen and oxygen atoms in total. The first-order chi connectivity index (χ1) is 13.7. The Morgan fingerprint density at radius 3 is 1.39 bits per heavy atom. The summed E-state index contributed by atoms with van der Waals surface area (Å²) < 4.78 is 0. The molecule has 136 valence electrons. The molecule has 0 heterocycles. The normalized spacial score (nSPS) is 11.6. The number of aromatic hydroxyl groups is 2. The second kappa shape index (κ2) is 7.76. The van der Waals surface area contributed by atoms with E-state index in [1.54, 1.807) is 48.8 Å². The fraction of sp³-hybridized carbons (Fsp3) is 0. The van der Waals surface area contributed by atoms with Crippen molar-refractivity contribution in [3.8, 4) is 11.5 Å². The summed E-state index contributed by atoms with van der Waals surface area (Å²) in [6.07, 6.45) is 3.47. The topological polar surface area (TPSA) is 65.2 Å². The largest absolute Gasteiger partial charge is 0.508 e. The number of phenols is 2. The molecule has 0 saturated carbocycles.